The molecule has 0 amide bonds. The summed E-state index contributed by atoms with van der Waals surface area (Å²) in [6.45, 7) is 18.1. The highest BCUT2D eigenvalue weighted by atomic mass is 28.4. The third-order valence-corrected chi connectivity index (χ3v) is 6.23. The van der Waals surface area contributed by atoms with Gasteiger partial charge in [-0.3, -0.25) is 4.79 Å². The van der Waals surface area contributed by atoms with Crippen LogP contribution < -0.4 is 0 Å². The Morgan fingerprint density at radius 1 is 0.364 bits per heavy atom. The van der Waals surface area contributed by atoms with E-state index in [4.69, 9.17) is 56.5 Å². The molecule has 44 heavy (non-hydrogen) atoms. The van der Waals surface area contributed by atoms with Crippen molar-refractivity contribution >= 4 is 14.3 Å². The summed E-state index contributed by atoms with van der Waals surface area (Å²) in [5, 5.41) is 0. The van der Waals surface area contributed by atoms with Gasteiger partial charge in [-0.15, -0.1) is 0 Å². The Labute approximate surface area is 265 Å². The van der Waals surface area contributed by atoms with Crippen LogP contribution in [0.4, 0.5) is 0 Å². The summed E-state index contributed by atoms with van der Waals surface area (Å²) >= 11 is 0. The number of carbonyl (C=O) groups excluding carboxylic acids is 1. The van der Waals surface area contributed by atoms with E-state index in [1.807, 2.05) is 0 Å². The molecule has 0 saturated carbocycles. The van der Waals surface area contributed by atoms with Gasteiger partial charge in [0.25, 0.3) is 0 Å². The molecule has 0 N–H and O–H groups in total. The smallest absolute Gasteiger partial charge is 0.307 e. The minimum atomic E-state index is -1.45. The molecule has 15 heteroatoms. The van der Waals surface area contributed by atoms with E-state index in [1.54, 1.807) is 0 Å². The van der Waals surface area contributed by atoms with Crippen LogP contribution in [0.25, 0.3) is 0 Å². The van der Waals surface area contributed by atoms with Crippen molar-refractivity contribution in [2.75, 3.05) is 159 Å². The maximum atomic E-state index is 10.9. The molecule has 0 saturated heterocycles. The van der Waals surface area contributed by atoms with Crippen molar-refractivity contribution in [3.05, 3.63) is 0 Å². The molecule has 0 aliphatic heterocycles. The Hall–Kier alpha value is -0.793. The normalized spacial score (nSPS) is 11.8. The van der Waals surface area contributed by atoms with Gasteiger partial charge in [-0.05, 0) is 19.6 Å². The standard InChI is InChI=1S/C29H60O14Si/c1-31-29(30)5-6-32-7-8-33-9-10-34-11-12-35-13-14-36-15-16-37-17-18-38-19-20-39-21-22-40-23-24-41-25-26-42-27-28-43-44(2,3)4/h5-28H2,1-4H3. The predicted octanol–water partition coefficient (Wildman–Crippen LogP) is 1.58. The number of hydrogen-bond donors (Lipinski definition) is 0. The zero-order valence-electron chi connectivity index (χ0n) is 27.7. The maximum absolute atomic E-state index is 10.9. The molecular formula is C29H60O14Si. The van der Waals surface area contributed by atoms with E-state index in [9.17, 15) is 4.79 Å². The van der Waals surface area contributed by atoms with E-state index in [1.165, 1.54) is 7.11 Å². The Kier molecular flexibility index (Phi) is 34.4. The molecule has 0 aliphatic rings. The highest BCUT2D eigenvalue weighted by molar-refractivity contribution is 6.69. The van der Waals surface area contributed by atoms with Crippen molar-refractivity contribution in [1.29, 1.82) is 0 Å². The molecule has 0 aromatic rings. The largest absolute Gasteiger partial charge is 0.469 e. The molecule has 0 rings (SSSR count). The molecule has 0 aliphatic carbocycles. The van der Waals surface area contributed by atoms with Crippen LogP contribution in [0.1, 0.15) is 6.42 Å². The van der Waals surface area contributed by atoms with Gasteiger partial charge < -0.3 is 61.3 Å². The lowest BCUT2D eigenvalue weighted by atomic mass is 10.5. The molecule has 0 aromatic carbocycles. The Balaban J connectivity index is 3.07. The fourth-order valence-electron chi connectivity index (χ4n) is 2.97. The van der Waals surface area contributed by atoms with Gasteiger partial charge in [0.1, 0.15) is 0 Å². The molecule has 0 aromatic heterocycles. The Morgan fingerprint density at radius 3 is 0.773 bits per heavy atom. The van der Waals surface area contributed by atoms with Gasteiger partial charge in [0.05, 0.1) is 165 Å². The topological polar surface area (TPSA) is 137 Å². The average Bonchev–Trinajstić information content (AvgIpc) is 3.00. The van der Waals surface area contributed by atoms with Crippen LogP contribution >= 0.6 is 0 Å². The summed E-state index contributed by atoms with van der Waals surface area (Å²) in [4.78, 5) is 10.9. The molecular weight excluding hydrogens is 600 g/mol. The first-order valence-electron chi connectivity index (χ1n) is 15.5. The van der Waals surface area contributed by atoms with Crippen LogP contribution in [-0.2, 0) is 66.1 Å². The summed E-state index contributed by atoms with van der Waals surface area (Å²) in [6, 6.07) is 0. The van der Waals surface area contributed by atoms with Crippen molar-refractivity contribution in [2.24, 2.45) is 0 Å². The monoisotopic (exact) mass is 660 g/mol. The average molecular weight is 661 g/mol. The van der Waals surface area contributed by atoms with E-state index >= 15 is 0 Å². The molecule has 0 spiro atoms. The van der Waals surface area contributed by atoms with Crippen molar-refractivity contribution < 1.29 is 66.1 Å². The highest BCUT2D eigenvalue weighted by Gasteiger charge is 2.13. The summed E-state index contributed by atoms with van der Waals surface area (Å²) in [7, 11) is -0.100. The minimum Gasteiger partial charge on any atom is -0.469 e. The quantitative estimate of drug-likeness (QED) is 0.0542. The maximum Gasteiger partial charge on any atom is 0.307 e. The number of methoxy groups -OCH3 is 1. The molecule has 264 valence electrons. The zero-order chi connectivity index (χ0) is 32.2. The van der Waals surface area contributed by atoms with Gasteiger partial charge >= 0.3 is 5.97 Å². The summed E-state index contributed by atoms with van der Waals surface area (Å²) in [5.74, 6) is -0.285. The van der Waals surface area contributed by atoms with Gasteiger partial charge in [-0.1, -0.05) is 0 Å². The molecule has 0 radical (unpaired) electrons. The number of ether oxygens (including phenoxy) is 12. The van der Waals surface area contributed by atoms with Gasteiger partial charge in [-0.2, -0.15) is 0 Å². The zero-order valence-corrected chi connectivity index (χ0v) is 28.7. The molecule has 0 atom stereocenters. The van der Waals surface area contributed by atoms with Crippen molar-refractivity contribution in [3.63, 3.8) is 0 Å². The fourth-order valence-corrected chi connectivity index (χ4v) is 3.66. The number of esters is 1. The second kappa shape index (κ2) is 35.1. The van der Waals surface area contributed by atoms with Crippen LogP contribution in [0.2, 0.25) is 19.6 Å². The van der Waals surface area contributed by atoms with Gasteiger partial charge in [0, 0.05) is 0 Å². The first kappa shape index (κ1) is 43.2. The van der Waals surface area contributed by atoms with E-state index in [0.717, 1.165) is 0 Å². The van der Waals surface area contributed by atoms with Crippen LogP contribution in [0.5, 0.6) is 0 Å². The van der Waals surface area contributed by atoms with Crippen LogP contribution in [0.15, 0.2) is 0 Å². The summed E-state index contributed by atoms with van der Waals surface area (Å²) in [5.41, 5.74) is 0. The van der Waals surface area contributed by atoms with Crippen molar-refractivity contribution in [3.8, 4) is 0 Å². The number of hydrogen-bond acceptors (Lipinski definition) is 14. The lowest BCUT2D eigenvalue weighted by molar-refractivity contribution is -0.141. The van der Waals surface area contributed by atoms with Gasteiger partial charge in [0.15, 0.2) is 8.32 Å². The Morgan fingerprint density at radius 2 is 0.568 bits per heavy atom. The van der Waals surface area contributed by atoms with E-state index in [-0.39, 0.29) is 12.4 Å². The van der Waals surface area contributed by atoms with Gasteiger partial charge in [-0.25, -0.2) is 0 Å². The second-order valence-corrected chi connectivity index (χ2v) is 14.5. The SMILES string of the molecule is COC(=O)CCOCCOCCOCCOCCOCCOCCOCCOCCOCCOCCOCCO[Si](C)(C)C. The fraction of sp³-hybridized carbons (Fsp3) is 0.966. The number of carbonyl (C=O) groups is 1. The van der Waals surface area contributed by atoms with E-state index in [2.05, 4.69) is 24.4 Å². The van der Waals surface area contributed by atoms with Crippen LogP contribution in [-0.4, -0.2) is 173 Å². The molecule has 0 bridgehead atoms. The minimum absolute atomic E-state index is 0.246. The third kappa shape index (κ3) is 39.2. The number of rotatable bonds is 37. The van der Waals surface area contributed by atoms with Gasteiger partial charge in [0.2, 0.25) is 0 Å². The molecule has 0 heterocycles. The third-order valence-electron chi connectivity index (χ3n) is 5.16. The lowest BCUT2D eigenvalue weighted by Crippen LogP contribution is -2.27. The predicted molar refractivity (Wildman–Crippen MR) is 165 cm³/mol. The van der Waals surface area contributed by atoms with E-state index in [0.29, 0.717) is 152 Å². The first-order valence-corrected chi connectivity index (χ1v) is 18.9. The molecule has 0 unspecified atom stereocenters. The van der Waals surface area contributed by atoms with E-state index < -0.39 is 8.32 Å². The molecule has 0 fully saturated rings. The summed E-state index contributed by atoms with van der Waals surface area (Å²) < 4.78 is 70.0. The van der Waals surface area contributed by atoms with Crippen LogP contribution in [0, 0.1) is 0 Å². The lowest BCUT2D eigenvalue weighted by Gasteiger charge is -2.16. The highest BCUT2D eigenvalue weighted by Crippen LogP contribution is 2.01. The summed E-state index contributed by atoms with van der Waals surface area (Å²) in [6.07, 6.45) is 0.246. The molecule has 14 nitrogen and oxygen atoms in total. The van der Waals surface area contributed by atoms with Crippen molar-refractivity contribution in [1.82, 2.24) is 0 Å². The second-order valence-electron chi connectivity index (χ2n) is 10.0. The van der Waals surface area contributed by atoms with Crippen LogP contribution in [0.3, 0.4) is 0 Å². The Bertz CT molecular complexity index is 583. The van der Waals surface area contributed by atoms with Crippen molar-refractivity contribution in [2.45, 2.75) is 26.1 Å². The first-order chi connectivity index (χ1) is 21.5.